The SMILES string of the molecule is COc1cccc(C(=O)Oc2ccc3c(c2)O/C(=C\C2=Cc4ccccc4O[C@@H]2C)C3=O)c1. The second-order valence-corrected chi connectivity index (χ2v) is 7.66. The van der Waals surface area contributed by atoms with Crippen LogP contribution in [0.1, 0.15) is 33.2 Å². The number of esters is 1. The predicted molar refractivity (Wildman–Crippen MR) is 122 cm³/mol. The first-order chi connectivity index (χ1) is 16.0. The first-order valence-electron chi connectivity index (χ1n) is 10.4. The number of rotatable bonds is 4. The normalized spacial score (nSPS) is 17.4. The molecule has 2 heterocycles. The number of ketones is 1. The van der Waals surface area contributed by atoms with Gasteiger partial charge in [-0.15, -0.1) is 0 Å². The van der Waals surface area contributed by atoms with Gasteiger partial charge >= 0.3 is 5.97 Å². The number of para-hydroxylation sites is 1. The van der Waals surface area contributed by atoms with Gasteiger partial charge in [0, 0.05) is 11.6 Å². The molecule has 0 spiro atoms. The molecule has 2 aliphatic heterocycles. The van der Waals surface area contributed by atoms with Crippen molar-refractivity contribution in [3.63, 3.8) is 0 Å². The summed E-state index contributed by atoms with van der Waals surface area (Å²) in [5.74, 6) is 1.40. The molecule has 0 saturated heterocycles. The fraction of sp³-hybridized carbons (Fsp3) is 0.111. The van der Waals surface area contributed by atoms with Gasteiger partial charge in [-0.25, -0.2) is 4.79 Å². The molecule has 6 nitrogen and oxygen atoms in total. The van der Waals surface area contributed by atoms with Crippen molar-refractivity contribution in [3.8, 4) is 23.0 Å². The standard InChI is InChI=1S/C27H20O6/c1-16-19(12-17-6-3-4-9-23(17)31-16)14-25-26(28)22-11-10-21(15-24(22)33-25)32-27(29)18-7-5-8-20(13-18)30-2/h3-16H,1-2H3/b25-14-/t16-/m1/s1. The van der Waals surface area contributed by atoms with E-state index < -0.39 is 5.97 Å². The second kappa shape index (κ2) is 8.31. The largest absolute Gasteiger partial charge is 0.497 e. The molecule has 1 atom stereocenters. The molecule has 164 valence electrons. The molecule has 0 aromatic heterocycles. The van der Waals surface area contributed by atoms with E-state index in [2.05, 4.69) is 0 Å². The smallest absolute Gasteiger partial charge is 0.343 e. The van der Waals surface area contributed by atoms with E-state index in [4.69, 9.17) is 18.9 Å². The van der Waals surface area contributed by atoms with Crippen LogP contribution in [0.3, 0.4) is 0 Å². The minimum absolute atomic E-state index is 0.197. The maximum atomic E-state index is 12.9. The van der Waals surface area contributed by atoms with E-state index in [1.165, 1.54) is 13.2 Å². The van der Waals surface area contributed by atoms with E-state index >= 15 is 0 Å². The summed E-state index contributed by atoms with van der Waals surface area (Å²) in [5.41, 5.74) is 2.53. The average molecular weight is 440 g/mol. The molecule has 0 radical (unpaired) electrons. The number of allylic oxidation sites excluding steroid dienone is 1. The zero-order valence-electron chi connectivity index (χ0n) is 18.0. The summed E-state index contributed by atoms with van der Waals surface area (Å²) < 4.78 is 22.4. The Bertz CT molecular complexity index is 1330. The number of ether oxygens (including phenoxy) is 4. The molecule has 3 aromatic carbocycles. The van der Waals surface area contributed by atoms with Crippen molar-refractivity contribution in [2.45, 2.75) is 13.0 Å². The molecule has 0 unspecified atom stereocenters. The van der Waals surface area contributed by atoms with Gasteiger partial charge < -0.3 is 18.9 Å². The van der Waals surface area contributed by atoms with Crippen molar-refractivity contribution in [3.05, 3.63) is 101 Å². The summed E-state index contributed by atoms with van der Waals surface area (Å²) in [5, 5.41) is 0. The first kappa shape index (κ1) is 20.6. The van der Waals surface area contributed by atoms with E-state index in [1.807, 2.05) is 37.3 Å². The number of carbonyl (C=O) groups excluding carboxylic acids is 2. The quantitative estimate of drug-likeness (QED) is 0.314. The zero-order chi connectivity index (χ0) is 22.9. The van der Waals surface area contributed by atoms with Gasteiger partial charge in [0.25, 0.3) is 0 Å². The fourth-order valence-corrected chi connectivity index (χ4v) is 3.72. The maximum Gasteiger partial charge on any atom is 0.343 e. The van der Waals surface area contributed by atoms with Gasteiger partial charge in [0.2, 0.25) is 5.78 Å². The molecule has 0 saturated carbocycles. The molecule has 0 N–H and O–H groups in total. The molecule has 0 fully saturated rings. The molecular weight excluding hydrogens is 420 g/mol. The highest BCUT2D eigenvalue weighted by molar-refractivity contribution is 6.12. The Morgan fingerprint density at radius 1 is 0.970 bits per heavy atom. The number of benzene rings is 3. The average Bonchev–Trinajstić information content (AvgIpc) is 3.14. The van der Waals surface area contributed by atoms with Crippen molar-refractivity contribution in [2.75, 3.05) is 7.11 Å². The predicted octanol–water partition coefficient (Wildman–Crippen LogP) is 5.24. The fourth-order valence-electron chi connectivity index (χ4n) is 3.72. The van der Waals surface area contributed by atoms with Gasteiger partial charge in [-0.05, 0) is 61.0 Å². The van der Waals surface area contributed by atoms with Crippen molar-refractivity contribution in [1.82, 2.24) is 0 Å². The summed E-state index contributed by atoms with van der Waals surface area (Å²) >= 11 is 0. The Hall–Kier alpha value is -4.32. The molecule has 2 aliphatic rings. The van der Waals surface area contributed by atoms with Gasteiger partial charge in [-0.3, -0.25) is 4.79 Å². The van der Waals surface area contributed by atoms with Crippen molar-refractivity contribution >= 4 is 17.8 Å². The molecule has 6 heteroatoms. The highest BCUT2D eigenvalue weighted by atomic mass is 16.5. The number of hydrogen-bond donors (Lipinski definition) is 0. The number of fused-ring (bicyclic) bond motifs is 2. The van der Waals surface area contributed by atoms with Gasteiger partial charge in [-0.2, -0.15) is 0 Å². The number of methoxy groups -OCH3 is 1. The highest BCUT2D eigenvalue weighted by Crippen LogP contribution is 2.36. The lowest BCUT2D eigenvalue weighted by atomic mass is 10.0. The van der Waals surface area contributed by atoms with E-state index in [0.717, 1.165) is 16.9 Å². The Morgan fingerprint density at radius 3 is 2.67 bits per heavy atom. The Labute approximate surface area is 190 Å². The molecule has 5 rings (SSSR count). The topological polar surface area (TPSA) is 71.1 Å². The summed E-state index contributed by atoms with van der Waals surface area (Å²) in [6.45, 7) is 1.92. The second-order valence-electron chi connectivity index (χ2n) is 7.66. The number of Topliss-reactive ketones (excluding diaryl/α,β-unsaturated/α-hetero) is 1. The van der Waals surface area contributed by atoms with Crippen LogP contribution in [0.25, 0.3) is 6.08 Å². The van der Waals surface area contributed by atoms with Crippen LogP contribution in [0.5, 0.6) is 23.0 Å². The van der Waals surface area contributed by atoms with Crippen LogP contribution in [0.4, 0.5) is 0 Å². The van der Waals surface area contributed by atoms with E-state index in [1.54, 1.807) is 42.5 Å². The molecule has 33 heavy (non-hydrogen) atoms. The Balaban J connectivity index is 1.37. The number of carbonyl (C=O) groups is 2. The van der Waals surface area contributed by atoms with Gasteiger partial charge in [-0.1, -0.05) is 24.3 Å². The number of hydrogen-bond acceptors (Lipinski definition) is 6. The monoisotopic (exact) mass is 440 g/mol. The molecule has 0 aliphatic carbocycles. The van der Waals surface area contributed by atoms with Crippen LogP contribution in [-0.2, 0) is 0 Å². The van der Waals surface area contributed by atoms with E-state index in [9.17, 15) is 9.59 Å². The molecular formula is C27H20O6. The van der Waals surface area contributed by atoms with Crippen LogP contribution in [0.2, 0.25) is 0 Å². The Kier molecular flexibility index (Phi) is 5.18. The maximum absolute atomic E-state index is 12.9. The van der Waals surface area contributed by atoms with Crippen molar-refractivity contribution in [2.24, 2.45) is 0 Å². The van der Waals surface area contributed by atoms with E-state index in [0.29, 0.717) is 22.6 Å². The van der Waals surface area contributed by atoms with Crippen LogP contribution in [-0.4, -0.2) is 25.0 Å². The van der Waals surface area contributed by atoms with Gasteiger partial charge in [0.1, 0.15) is 29.1 Å². The minimum Gasteiger partial charge on any atom is -0.497 e. The van der Waals surface area contributed by atoms with Gasteiger partial charge in [0.05, 0.1) is 18.2 Å². The lowest BCUT2D eigenvalue weighted by molar-refractivity contribution is 0.0734. The summed E-state index contributed by atoms with van der Waals surface area (Å²) in [6, 6.07) is 19.1. The molecule has 3 aromatic rings. The van der Waals surface area contributed by atoms with Crippen molar-refractivity contribution < 1.29 is 28.5 Å². The van der Waals surface area contributed by atoms with Gasteiger partial charge in [0.15, 0.2) is 5.76 Å². The lowest BCUT2D eigenvalue weighted by Crippen LogP contribution is -2.18. The van der Waals surface area contributed by atoms with E-state index in [-0.39, 0.29) is 23.4 Å². The summed E-state index contributed by atoms with van der Waals surface area (Å²) in [6.07, 6.45) is 3.45. The Morgan fingerprint density at radius 2 is 1.82 bits per heavy atom. The van der Waals surface area contributed by atoms with Crippen LogP contribution in [0.15, 0.2) is 84.1 Å². The summed E-state index contributed by atoms with van der Waals surface area (Å²) in [7, 11) is 1.53. The highest BCUT2D eigenvalue weighted by Gasteiger charge is 2.29. The molecule has 0 amide bonds. The lowest BCUT2D eigenvalue weighted by Gasteiger charge is -2.22. The third-order valence-corrected chi connectivity index (χ3v) is 5.47. The molecule has 0 bridgehead atoms. The van der Waals surface area contributed by atoms with Crippen LogP contribution >= 0.6 is 0 Å². The zero-order valence-corrected chi connectivity index (χ0v) is 18.0. The minimum atomic E-state index is -0.536. The third-order valence-electron chi connectivity index (χ3n) is 5.47. The third kappa shape index (κ3) is 3.99. The first-order valence-corrected chi connectivity index (χ1v) is 10.4. The van der Waals surface area contributed by atoms with Crippen LogP contribution < -0.4 is 18.9 Å². The van der Waals surface area contributed by atoms with Crippen LogP contribution in [0, 0.1) is 0 Å². The van der Waals surface area contributed by atoms with Crippen molar-refractivity contribution in [1.29, 1.82) is 0 Å². The summed E-state index contributed by atoms with van der Waals surface area (Å²) in [4.78, 5) is 25.4.